The Labute approximate surface area is 189 Å². The molecule has 2 N–H and O–H groups in total. The second-order valence-electron chi connectivity index (χ2n) is 6.74. The number of amides is 1. The molecule has 0 saturated carbocycles. The number of unbranched alkanes of at least 4 members (excludes halogenated alkanes) is 1. The lowest BCUT2D eigenvalue weighted by molar-refractivity contribution is -0.154. The number of carbonyl (C=O) groups excluding carboxylic acids is 2. The first-order chi connectivity index (χ1) is 15.0. The van der Waals surface area contributed by atoms with Crippen molar-refractivity contribution >= 4 is 29.6 Å². The molecule has 2 rings (SSSR count). The van der Waals surface area contributed by atoms with Crippen molar-refractivity contribution in [3.05, 3.63) is 46.2 Å². The van der Waals surface area contributed by atoms with Crippen LogP contribution in [0, 0.1) is 6.92 Å². The van der Waals surface area contributed by atoms with Gasteiger partial charge in [0.15, 0.2) is 6.61 Å². The first-order valence-electron chi connectivity index (χ1n) is 9.76. The normalized spacial score (nSPS) is 11.6. The van der Waals surface area contributed by atoms with Crippen LogP contribution in [0.5, 0.6) is 5.88 Å². The molecule has 0 aromatic carbocycles. The number of aromatic nitrogens is 2. The van der Waals surface area contributed by atoms with Crippen molar-refractivity contribution in [2.24, 2.45) is 0 Å². The molecule has 2 aromatic rings. The summed E-state index contributed by atoms with van der Waals surface area (Å²) in [6.45, 7) is 3.97. The number of aryl methyl sites for hydroxylation is 1. The molecule has 0 aliphatic carbocycles. The number of nitrogens with one attached hydrogen (secondary N) is 2. The largest absolute Gasteiger partial charge is 0.467 e. The minimum Gasteiger partial charge on any atom is -0.467 e. The lowest BCUT2D eigenvalue weighted by atomic mass is 10.1. The topological polar surface area (TPSA) is 93.2 Å². The monoisotopic (exact) mass is 474 g/mol. The molecule has 11 heteroatoms. The van der Waals surface area contributed by atoms with Crippen LogP contribution in [0.4, 0.5) is 19.0 Å². The average molecular weight is 475 g/mol. The molecule has 0 aliphatic heterocycles. The fourth-order valence-corrected chi connectivity index (χ4v) is 2.57. The highest BCUT2D eigenvalue weighted by Gasteiger charge is 2.29. The fourth-order valence-electron chi connectivity index (χ4n) is 2.34. The number of rotatable bonds is 8. The van der Waals surface area contributed by atoms with Crippen LogP contribution in [-0.4, -0.2) is 42.0 Å². The fraction of sp³-hybridized carbons (Fsp3) is 0.429. The molecule has 1 atom stereocenters. The second-order valence-corrected chi connectivity index (χ2v) is 7.15. The molecule has 176 valence electrons. The Morgan fingerprint density at radius 1 is 1.31 bits per heavy atom. The summed E-state index contributed by atoms with van der Waals surface area (Å²) < 4.78 is 41.2. The SMILES string of the molecule is CCCC=O.CNc1cc(C(=O)NC(C)c2cnc(OCC(F)(F)F)c(Cl)c2)cc(C)n1. The van der Waals surface area contributed by atoms with Gasteiger partial charge in [0.2, 0.25) is 5.88 Å². The summed E-state index contributed by atoms with van der Waals surface area (Å²) in [4.78, 5) is 29.9. The van der Waals surface area contributed by atoms with Crippen LogP contribution in [0.25, 0.3) is 0 Å². The van der Waals surface area contributed by atoms with Gasteiger partial charge in [-0.15, -0.1) is 0 Å². The number of halogens is 4. The number of pyridine rings is 2. The van der Waals surface area contributed by atoms with Gasteiger partial charge in [0, 0.05) is 30.9 Å². The smallest absolute Gasteiger partial charge is 0.422 e. The van der Waals surface area contributed by atoms with Crippen LogP contribution in [0.2, 0.25) is 5.02 Å². The van der Waals surface area contributed by atoms with Crippen molar-refractivity contribution in [3.8, 4) is 5.88 Å². The molecule has 0 fully saturated rings. The second kappa shape index (κ2) is 12.8. The summed E-state index contributed by atoms with van der Waals surface area (Å²) in [5, 5.41) is 5.58. The maximum absolute atomic E-state index is 12.4. The van der Waals surface area contributed by atoms with Gasteiger partial charge in [0.1, 0.15) is 17.1 Å². The molecule has 0 bridgehead atoms. The zero-order chi connectivity index (χ0) is 24.3. The molecule has 2 heterocycles. The predicted octanol–water partition coefficient (Wildman–Crippen LogP) is 4.90. The Hall–Kier alpha value is -2.88. The van der Waals surface area contributed by atoms with Gasteiger partial charge in [-0.25, -0.2) is 9.97 Å². The maximum Gasteiger partial charge on any atom is 0.422 e. The van der Waals surface area contributed by atoms with Crippen molar-refractivity contribution in [3.63, 3.8) is 0 Å². The lowest BCUT2D eigenvalue weighted by Gasteiger charge is -2.16. The molecule has 1 unspecified atom stereocenters. The van der Waals surface area contributed by atoms with Crippen molar-refractivity contribution in [2.45, 2.75) is 45.8 Å². The number of hydrogen-bond acceptors (Lipinski definition) is 6. The minimum absolute atomic E-state index is 0.0740. The lowest BCUT2D eigenvalue weighted by Crippen LogP contribution is -2.27. The van der Waals surface area contributed by atoms with Crippen molar-refractivity contribution in [1.82, 2.24) is 15.3 Å². The Kier molecular flexibility index (Phi) is 10.9. The Morgan fingerprint density at radius 2 is 2.00 bits per heavy atom. The molecule has 32 heavy (non-hydrogen) atoms. The van der Waals surface area contributed by atoms with Gasteiger partial charge in [-0.05, 0) is 44.0 Å². The van der Waals surface area contributed by atoms with Crippen LogP contribution < -0.4 is 15.4 Å². The van der Waals surface area contributed by atoms with Crippen molar-refractivity contribution in [1.29, 1.82) is 0 Å². The molecule has 2 aromatic heterocycles. The summed E-state index contributed by atoms with van der Waals surface area (Å²) in [5.74, 6) is -0.0959. The van der Waals surface area contributed by atoms with E-state index in [0.717, 1.165) is 12.7 Å². The van der Waals surface area contributed by atoms with E-state index in [-0.39, 0.29) is 16.8 Å². The zero-order valence-electron chi connectivity index (χ0n) is 18.2. The molecule has 0 radical (unpaired) electrons. The third-order valence-electron chi connectivity index (χ3n) is 3.93. The predicted molar refractivity (Wildman–Crippen MR) is 116 cm³/mol. The van der Waals surface area contributed by atoms with Gasteiger partial charge in [-0.3, -0.25) is 4.79 Å². The maximum atomic E-state index is 12.4. The summed E-state index contributed by atoms with van der Waals surface area (Å²) in [6.07, 6.45) is -0.567. The quantitative estimate of drug-likeness (QED) is 0.529. The van der Waals surface area contributed by atoms with E-state index >= 15 is 0 Å². The number of carbonyl (C=O) groups is 2. The third kappa shape index (κ3) is 9.51. The van der Waals surface area contributed by atoms with Crippen LogP contribution in [-0.2, 0) is 4.79 Å². The number of anilines is 1. The number of hydrogen-bond donors (Lipinski definition) is 2. The van der Waals surface area contributed by atoms with Gasteiger partial charge in [-0.1, -0.05) is 18.5 Å². The Bertz CT molecular complexity index is 910. The summed E-state index contributed by atoms with van der Waals surface area (Å²) in [7, 11) is 1.70. The van der Waals surface area contributed by atoms with Gasteiger partial charge >= 0.3 is 6.18 Å². The zero-order valence-corrected chi connectivity index (χ0v) is 19.0. The highest BCUT2D eigenvalue weighted by Crippen LogP contribution is 2.27. The molecular weight excluding hydrogens is 449 g/mol. The molecular formula is C21H26ClF3N4O3. The van der Waals surface area contributed by atoms with Crippen LogP contribution >= 0.6 is 11.6 Å². The summed E-state index contributed by atoms with van der Waals surface area (Å²) in [5.41, 5.74) is 1.62. The first kappa shape index (κ1) is 27.2. The first-order valence-corrected chi connectivity index (χ1v) is 10.1. The standard InChI is InChI=1S/C17H18ClF3N4O2.C4H8O/c1-9-4-11(6-14(22-3)24-9)15(26)25-10(2)12-5-13(18)16(23-7-12)27-8-17(19,20)21;1-2-3-4-5/h4-7,10H,8H2,1-3H3,(H,22,24)(H,25,26);4H,2-3H2,1H3. The van der Waals surface area contributed by atoms with E-state index in [0.29, 0.717) is 29.1 Å². The van der Waals surface area contributed by atoms with E-state index in [9.17, 15) is 22.8 Å². The van der Waals surface area contributed by atoms with Gasteiger partial charge in [-0.2, -0.15) is 13.2 Å². The molecule has 0 saturated heterocycles. The number of alkyl halides is 3. The number of nitrogens with zero attached hydrogens (tertiary/aromatic N) is 2. The van der Waals surface area contributed by atoms with E-state index in [2.05, 4.69) is 25.3 Å². The van der Waals surface area contributed by atoms with Crippen LogP contribution in [0.3, 0.4) is 0 Å². The van der Waals surface area contributed by atoms with Gasteiger partial charge < -0.3 is 20.2 Å². The molecule has 0 aliphatic rings. The Morgan fingerprint density at radius 3 is 2.50 bits per heavy atom. The molecule has 7 nitrogen and oxygen atoms in total. The van der Waals surface area contributed by atoms with Crippen molar-refractivity contribution < 1.29 is 27.5 Å². The van der Waals surface area contributed by atoms with E-state index in [4.69, 9.17) is 11.6 Å². The molecule has 1 amide bonds. The Balaban J connectivity index is 0.000000920. The summed E-state index contributed by atoms with van der Waals surface area (Å²) >= 11 is 5.93. The van der Waals surface area contributed by atoms with E-state index in [1.165, 1.54) is 12.3 Å². The van der Waals surface area contributed by atoms with Gasteiger partial charge in [0.05, 0.1) is 6.04 Å². The minimum atomic E-state index is -4.49. The van der Waals surface area contributed by atoms with E-state index < -0.39 is 18.8 Å². The highest BCUT2D eigenvalue weighted by atomic mass is 35.5. The number of aldehydes is 1. The van der Waals surface area contributed by atoms with E-state index in [1.54, 1.807) is 33.0 Å². The number of ether oxygens (including phenoxy) is 1. The van der Waals surface area contributed by atoms with Crippen molar-refractivity contribution in [2.75, 3.05) is 19.0 Å². The van der Waals surface area contributed by atoms with E-state index in [1.807, 2.05) is 6.92 Å². The van der Waals surface area contributed by atoms with Crippen LogP contribution in [0.1, 0.15) is 54.3 Å². The average Bonchev–Trinajstić information content (AvgIpc) is 2.72. The summed E-state index contributed by atoms with van der Waals surface area (Å²) in [6, 6.07) is 4.17. The highest BCUT2D eigenvalue weighted by molar-refractivity contribution is 6.31. The van der Waals surface area contributed by atoms with Crippen LogP contribution in [0.15, 0.2) is 24.4 Å². The molecule has 0 spiro atoms. The van der Waals surface area contributed by atoms with Gasteiger partial charge in [0.25, 0.3) is 5.91 Å². The third-order valence-corrected chi connectivity index (χ3v) is 4.20.